The summed E-state index contributed by atoms with van der Waals surface area (Å²) >= 11 is 6.22. The Balaban J connectivity index is 2.19. The number of rotatable bonds is 7. The summed E-state index contributed by atoms with van der Waals surface area (Å²) in [5, 5.41) is 6.21. The van der Waals surface area contributed by atoms with E-state index in [1.165, 1.54) is 33.5 Å². The predicted molar refractivity (Wildman–Crippen MR) is 99.8 cm³/mol. The van der Waals surface area contributed by atoms with Crippen LogP contribution in [0.3, 0.4) is 0 Å². The van der Waals surface area contributed by atoms with Crippen LogP contribution in [0, 0.1) is 5.92 Å². The van der Waals surface area contributed by atoms with E-state index in [0.717, 1.165) is 24.8 Å². The lowest BCUT2D eigenvalue weighted by molar-refractivity contribution is 0.625. The maximum absolute atomic E-state index is 5.07. The lowest BCUT2D eigenvalue weighted by Crippen LogP contribution is -2.18. The molecule has 2 rings (SSSR count). The maximum Gasteiger partial charge on any atom is 0.107 e. The van der Waals surface area contributed by atoms with E-state index in [-0.39, 0.29) is 0 Å². The summed E-state index contributed by atoms with van der Waals surface area (Å²) in [6, 6.07) is 0. The number of aromatic nitrogens is 1. The Morgan fingerprint density at radius 3 is 2.67 bits per heavy atom. The Kier molecular flexibility index (Phi) is 7.39. The van der Waals surface area contributed by atoms with Gasteiger partial charge in [0.25, 0.3) is 0 Å². The Morgan fingerprint density at radius 1 is 1.24 bits per heavy atom. The zero-order chi connectivity index (χ0) is 15.2. The normalized spacial score (nSPS) is 22.9. The summed E-state index contributed by atoms with van der Waals surface area (Å²) in [5.74, 6) is 3.25. The largest absolute Gasteiger partial charge is 0.312 e. The Labute approximate surface area is 142 Å². The molecule has 1 aromatic heterocycles. The van der Waals surface area contributed by atoms with Gasteiger partial charge in [-0.25, -0.2) is 4.98 Å². The summed E-state index contributed by atoms with van der Waals surface area (Å²) in [6.07, 6.45) is 2.36. The van der Waals surface area contributed by atoms with Crippen molar-refractivity contribution in [1.29, 1.82) is 0 Å². The van der Waals surface area contributed by atoms with Crippen molar-refractivity contribution in [2.45, 2.75) is 57.6 Å². The fourth-order valence-electron chi connectivity index (χ4n) is 2.58. The molecule has 1 aliphatic heterocycles. The first-order valence-corrected chi connectivity index (χ1v) is 11.0. The first-order chi connectivity index (χ1) is 10.2. The second kappa shape index (κ2) is 8.80. The minimum Gasteiger partial charge on any atom is -0.312 e. The van der Waals surface area contributed by atoms with Crippen molar-refractivity contribution in [3.05, 3.63) is 15.6 Å². The minimum atomic E-state index is 0.611. The van der Waals surface area contributed by atoms with Gasteiger partial charge < -0.3 is 5.32 Å². The number of thiazole rings is 1. The predicted octanol–water partition coefficient (Wildman–Crippen LogP) is 4.75. The third kappa shape index (κ3) is 4.88. The van der Waals surface area contributed by atoms with Gasteiger partial charge in [-0.15, -0.1) is 23.1 Å². The van der Waals surface area contributed by atoms with Gasteiger partial charge in [0.15, 0.2) is 0 Å². The van der Waals surface area contributed by atoms with Crippen LogP contribution in [0.25, 0.3) is 0 Å². The van der Waals surface area contributed by atoms with Crippen LogP contribution in [0.2, 0.25) is 0 Å². The van der Waals surface area contributed by atoms with Crippen molar-refractivity contribution in [2.24, 2.45) is 5.92 Å². The van der Waals surface area contributed by atoms with Crippen LogP contribution in [-0.4, -0.2) is 28.3 Å². The average molecular weight is 345 g/mol. The van der Waals surface area contributed by atoms with Crippen LogP contribution in [0.1, 0.15) is 54.9 Å². The Hall–Kier alpha value is 0.290. The number of hydrogen-bond acceptors (Lipinski definition) is 5. The fraction of sp³-hybridized carbons (Fsp3) is 0.812. The van der Waals surface area contributed by atoms with Crippen LogP contribution in [-0.2, 0) is 13.0 Å². The lowest BCUT2D eigenvalue weighted by Gasteiger charge is -2.28. The molecule has 0 aromatic carbocycles. The van der Waals surface area contributed by atoms with Crippen LogP contribution in [0.4, 0.5) is 0 Å². The molecule has 0 radical (unpaired) electrons. The average Bonchev–Trinajstić information content (AvgIpc) is 2.87. The molecule has 1 fully saturated rings. The van der Waals surface area contributed by atoms with E-state index >= 15 is 0 Å². The molecule has 0 bridgehead atoms. The molecule has 1 aliphatic rings. The first kappa shape index (κ1) is 17.6. The van der Waals surface area contributed by atoms with E-state index in [9.17, 15) is 0 Å². The third-order valence-electron chi connectivity index (χ3n) is 3.63. The van der Waals surface area contributed by atoms with Gasteiger partial charge in [-0.3, -0.25) is 0 Å². The second-order valence-corrected chi connectivity index (χ2v) is 9.62. The zero-order valence-corrected chi connectivity index (χ0v) is 16.1. The van der Waals surface area contributed by atoms with Gasteiger partial charge in [0, 0.05) is 28.2 Å². The molecule has 1 saturated heterocycles. The minimum absolute atomic E-state index is 0.611. The summed E-state index contributed by atoms with van der Waals surface area (Å²) in [6.45, 7) is 11.1. The van der Waals surface area contributed by atoms with Gasteiger partial charge in [-0.2, -0.15) is 11.8 Å². The van der Waals surface area contributed by atoms with Gasteiger partial charge in [-0.05, 0) is 25.3 Å². The van der Waals surface area contributed by atoms with Crippen molar-refractivity contribution in [3.8, 4) is 0 Å². The second-order valence-electron chi connectivity index (χ2n) is 5.91. The van der Waals surface area contributed by atoms with Crippen LogP contribution in [0.5, 0.6) is 0 Å². The summed E-state index contributed by atoms with van der Waals surface area (Å²) in [4.78, 5) is 6.53. The highest BCUT2D eigenvalue weighted by Gasteiger charge is 2.29. The van der Waals surface area contributed by atoms with Gasteiger partial charge in [0.2, 0.25) is 0 Å². The zero-order valence-electron chi connectivity index (χ0n) is 13.6. The van der Waals surface area contributed by atoms with Crippen LogP contribution >= 0.6 is 34.9 Å². The van der Waals surface area contributed by atoms with E-state index < -0.39 is 0 Å². The first-order valence-electron chi connectivity index (χ1n) is 8.08. The molecule has 0 saturated carbocycles. The summed E-state index contributed by atoms with van der Waals surface area (Å²) in [7, 11) is 0. The van der Waals surface area contributed by atoms with Gasteiger partial charge in [0.05, 0.1) is 10.9 Å². The fourth-order valence-corrected chi connectivity index (χ4v) is 7.06. The van der Waals surface area contributed by atoms with Crippen LogP contribution in [0.15, 0.2) is 0 Å². The number of nitrogens with one attached hydrogen (secondary N) is 1. The van der Waals surface area contributed by atoms with Crippen molar-refractivity contribution in [3.63, 3.8) is 0 Å². The van der Waals surface area contributed by atoms with Gasteiger partial charge in [-0.1, -0.05) is 27.7 Å². The highest BCUT2D eigenvalue weighted by Crippen LogP contribution is 2.45. The highest BCUT2D eigenvalue weighted by atomic mass is 32.2. The van der Waals surface area contributed by atoms with E-state index in [4.69, 9.17) is 4.98 Å². The maximum atomic E-state index is 5.07. The quantitative estimate of drug-likeness (QED) is 0.771. The van der Waals surface area contributed by atoms with Crippen molar-refractivity contribution < 1.29 is 0 Å². The van der Waals surface area contributed by atoms with E-state index in [1.54, 1.807) is 0 Å². The van der Waals surface area contributed by atoms with E-state index in [0.29, 0.717) is 11.2 Å². The lowest BCUT2D eigenvalue weighted by atomic mass is 10.1. The van der Waals surface area contributed by atoms with Crippen molar-refractivity contribution in [2.75, 3.05) is 18.1 Å². The molecule has 0 amide bonds. The number of hydrogen-bond donors (Lipinski definition) is 1. The highest BCUT2D eigenvalue weighted by molar-refractivity contribution is 8.06. The third-order valence-corrected chi connectivity index (χ3v) is 8.21. The molecular formula is C16H28N2S3. The smallest absolute Gasteiger partial charge is 0.107 e. The van der Waals surface area contributed by atoms with E-state index in [2.05, 4.69) is 56.5 Å². The SMILES string of the molecule is CCNCc1sc(C2SCCSC2CC)nc1CC(C)C. The summed E-state index contributed by atoms with van der Waals surface area (Å²) in [5.41, 5.74) is 1.34. The molecule has 2 nitrogen and oxygen atoms in total. The molecule has 21 heavy (non-hydrogen) atoms. The number of thioether (sulfide) groups is 2. The van der Waals surface area contributed by atoms with Crippen molar-refractivity contribution >= 4 is 34.9 Å². The van der Waals surface area contributed by atoms with Gasteiger partial charge >= 0.3 is 0 Å². The van der Waals surface area contributed by atoms with E-state index in [1.807, 2.05) is 11.3 Å². The molecule has 1 aromatic rings. The van der Waals surface area contributed by atoms with Crippen LogP contribution < -0.4 is 5.32 Å². The molecular weight excluding hydrogens is 316 g/mol. The molecule has 120 valence electrons. The molecule has 2 atom stereocenters. The molecule has 0 aliphatic carbocycles. The molecule has 2 heterocycles. The Bertz CT molecular complexity index is 431. The standard InChI is InChI=1S/C16H28N2S3/c1-5-13-15(20-8-7-19-13)16-18-12(9-11(3)4)14(21-16)10-17-6-2/h11,13,15,17H,5-10H2,1-4H3. The number of nitrogens with zero attached hydrogens (tertiary/aromatic N) is 1. The molecule has 1 N–H and O–H groups in total. The monoisotopic (exact) mass is 344 g/mol. The molecule has 5 heteroatoms. The molecule has 0 spiro atoms. The summed E-state index contributed by atoms with van der Waals surface area (Å²) < 4.78 is 0. The Morgan fingerprint density at radius 2 is 2.00 bits per heavy atom. The topological polar surface area (TPSA) is 24.9 Å². The van der Waals surface area contributed by atoms with Crippen molar-refractivity contribution in [1.82, 2.24) is 10.3 Å². The molecule has 2 unspecified atom stereocenters. The van der Waals surface area contributed by atoms with Gasteiger partial charge in [0.1, 0.15) is 5.01 Å².